The normalized spacial score (nSPS) is 38.8. The van der Waals surface area contributed by atoms with Gasteiger partial charge in [-0.1, -0.05) is 20.4 Å². The van der Waals surface area contributed by atoms with Crippen LogP contribution in [0, 0.1) is 17.3 Å². The Kier molecular flexibility index (Phi) is 1.98. The van der Waals surface area contributed by atoms with E-state index in [9.17, 15) is 4.79 Å². The second-order valence-corrected chi connectivity index (χ2v) is 5.22. The van der Waals surface area contributed by atoms with Gasteiger partial charge in [-0.05, 0) is 35.7 Å². The van der Waals surface area contributed by atoms with Gasteiger partial charge in [-0.3, -0.25) is 4.79 Å². The Balaban J connectivity index is 2.08. The maximum atomic E-state index is 10.9. The molecule has 2 nitrogen and oxygen atoms in total. The van der Waals surface area contributed by atoms with Gasteiger partial charge in [-0.25, -0.2) is 0 Å². The van der Waals surface area contributed by atoms with Crippen LogP contribution < -0.4 is 0 Å². The molecule has 0 aromatic rings. The first-order valence-corrected chi connectivity index (χ1v) is 5.29. The predicted octanol–water partition coefficient (Wildman–Crippen LogP) is 2.54. The summed E-state index contributed by atoms with van der Waals surface area (Å²) in [5.74, 6) is 1.09. The lowest BCUT2D eigenvalue weighted by Gasteiger charge is -2.59. The number of carbonyl (C=O) groups is 1. The largest absolute Gasteiger partial charge is 0.458 e. The Morgan fingerprint density at radius 2 is 2.14 bits per heavy atom. The number of rotatable bonds is 1. The van der Waals surface area contributed by atoms with Crippen molar-refractivity contribution < 1.29 is 9.53 Å². The van der Waals surface area contributed by atoms with E-state index in [2.05, 4.69) is 20.4 Å². The van der Waals surface area contributed by atoms with E-state index in [4.69, 9.17) is 4.74 Å². The second kappa shape index (κ2) is 2.85. The lowest BCUT2D eigenvalue weighted by Crippen LogP contribution is -2.54. The molecule has 3 fully saturated rings. The zero-order chi connectivity index (χ0) is 10.5. The second-order valence-electron chi connectivity index (χ2n) is 5.22. The van der Waals surface area contributed by atoms with Crippen LogP contribution in [-0.4, -0.2) is 12.1 Å². The van der Waals surface area contributed by atoms with Gasteiger partial charge in [0.25, 0.3) is 0 Å². The van der Waals surface area contributed by atoms with Gasteiger partial charge in [0.2, 0.25) is 0 Å². The number of esters is 1. The highest BCUT2D eigenvalue weighted by Crippen LogP contribution is 2.61. The van der Waals surface area contributed by atoms with Crippen LogP contribution in [0.3, 0.4) is 0 Å². The van der Waals surface area contributed by atoms with Gasteiger partial charge < -0.3 is 4.74 Å². The topological polar surface area (TPSA) is 26.3 Å². The third-order valence-electron chi connectivity index (χ3n) is 4.14. The molecule has 3 atom stereocenters. The summed E-state index contributed by atoms with van der Waals surface area (Å²) >= 11 is 0. The van der Waals surface area contributed by atoms with Crippen molar-refractivity contribution in [3.05, 3.63) is 12.2 Å². The summed E-state index contributed by atoms with van der Waals surface area (Å²) < 4.78 is 5.26. The lowest BCUT2D eigenvalue weighted by molar-refractivity contribution is -0.153. The molecule has 0 aromatic carbocycles. The van der Waals surface area contributed by atoms with E-state index in [1.165, 1.54) is 13.3 Å². The van der Waals surface area contributed by atoms with Crippen molar-refractivity contribution in [1.82, 2.24) is 0 Å². The molecule has 3 aliphatic rings. The molecule has 2 bridgehead atoms. The smallest absolute Gasteiger partial charge is 0.303 e. The molecule has 78 valence electrons. The van der Waals surface area contributed by atoms with Crippen molar-refractivity contribution in [2.75, 3.05) is 0 Å². The lowest BCUT2D eigenvalue weighted by atomic mass is 9.47. The van der Waals surface area contributed by atoms with Crippen LogP contribution in [0.5, 0.6) is 0 Å². The summed E-state index contributed by atoms with van der Waals surface area (Å²) in [6.07, 6.45) is 2.20. The highest BCUT2D eigenvalue weighted by Gasteiger charge is 2.55. The number of ether oxygens (including phenoxy) is 1. The molecule has 0 saturated heterocycles. The van der Waals surface area contributed by atoms with Crippen LogP contribution in [0.25, 0.3) is 0 Å². The summed E-state index contributed by atoms with van der Waals surface area (Å²) in [7, 11) is 0. The molecular weight excluding hydrogens is 176 g/mol. The minimum Gasteiger partial charge on any atom is -0.458 e. The van der Waals surface area contributed by atoms with Crippen LogP contribution in [0.2, 0.25) is 0 Å². The summed E-state index contributed by atoms with van der Waals surface area (Å²) in [5, 5.41) is 0. The quantitative estimate of drug-likeness (QED) is 0.473. The SMILES string of the molecule is C=C1[C@H]2C[C@H](C[C@H]1OC(C)=O)C2(C)C. The van der Waals surface area contributed by atoms with E-state index in [-0.39, 0.29) is 12.1 Å². The Morgan fingerprint density at radius 1 is 1.50 bits per heavy atom. The summed E-state index contributed by atoms with van der Waals surface area (Å²) in [6.45, 7) is 10.1. The summed E-state index contributed by atoms with van der Waals surface area (Å²) in [6, 6.07) is 0. The average molecular weight is 194 g/mol. The molecular formula is C12H18O2. The van der Waals surface area contributed by atoms with Gasteiger partial charge in [0, 0.05) is 6.92 Å². The van der Waals surface area contributed by atoms with Crippen molar-refractivity contribution in [3.8, 4) is 0 Å². The van der Waals surface area contributed by atoms with Crippen molar-refractivity contribution >= 4 is 5.97 Å². The molecule has 2 heteroatoms. The fraction of sp³-hybridized carbons (Fsp3) is 0.750. The minimum absolute atomic E-state index is 0.00993. The molecule has 3 rings (SSSR count). The molecule has 3 aliphatic carbocycles. The Bertz CT molecular complexity index is 291. The molecule has 0 aromatic heterocycles. The van der Waals surface area contributed by atoms with Crippen LogP contribution in [0.1, 0.15) is 33.6 Å². The Morgan fingerprint density at radius 3 is 2.57 bits per heavy atom. The van der Waals surface area contributed by atoms with E-state index in [1.807, 2.05) is 0 Å². The zero-order valence-corrected chi connectivity index (χ0v) is 9.17. The number of fused-ring (bicyclic) bond motifs is 2. The highest BCUT2D eigenvalue weighted by atomic mass is 16.5. The standard InChI is InChI=1S/C12H18O2/c1-7-10-5-9(12(10,3)4)6-11(7)14-8(2)13/h9-11H,1,5-6H2,2-4H3/t9-,10-,11-/m1/s1. The maximum Gasteiger partial charge on any atom is 0.303 e. The monoisotopic (exact) mass is 194 g/mol. The van der Waals surface area contributed by atoms with Gasteiger partial charge >= 0.3 is 5.97 Å². The molecule has 0 unspecified atom stereocenters. The zero-order valence-electron chi connectivity index (χ0n) is 9.17. The number of hydrogen-bond donors (Lipinski definition) is 0. The maximum absolute atomic E-state index is 10.9. The number of carbonyl (C=O) groups excluding carboxylic acids is 1. The summed E-state index contributed by atoms with van der Waals surface area (Å²) in [5.41, 5.74) is 1.51. The third kappa shape index (κ3) is 1.20. The van der Waals surface area contributed by atoms with Gasteiger partial charge in [-0.2, -0.15) is 0 Å². The molecule has 0 radical (unpaired) electrons. The van der Waals surface area contributed by atoms with E-state index >= 15 is 0 Å². The fourth-order valence-corrected chi connectivity index (χ4v) is 3.00. The van der Waals surface area contributed by atoms with E-state index in [1.54, 1.807) is 0 Å². The Labute approximate surface area is 85.3 Å². The van der Waals surface area contributed by atoms with Crippen molar-refractivity contribution in [2.45, 2.75) is 39.7 Å². The van der Waals surface area contributed by atoms with Crippen molar-refractivity contribution in [3.63, 3.8) is 0 Å². The van der Waals surface area contributed by atoms with Crippen molar-refractivity contribution in [2.24, 2.45) is 17.3 Å². The van der Waals surface area contributed by atoms with E-state index in [0.29, 0.717) is 17.3 Å². The summed E-state index contributed by atoms with van der Waals surface area (Å²) in [4.78, 5) is 10.9. The minimum atomic E-state index is -0.185. The number of hydrogen-bond acceptors (Lipinski definition) is 2. The van der Waals surface area contributed by atoms with Gasteiger partial charge in [0.1, 0.15) is 6.10 Å². The van der Waals surface area contributed by atoms with Crippen LogP contribution in [0.4, 0.5) is 0 Å². The first-order valence-electron chi connectivity index (χ1n) is 5.29. The van der Waals surface area contributed by atoms with Gasteiger partial charge in [-0.15, -0.1) is 0 Å². The molecule has 0 heterocycles. The fourth-order valence-electron chi connectivity index (χ4n) is 3.00. The molecule has 0 aliphatic heterocycles. The van der Waals surface area contributed by atoms with Crippen LogP contribution in [-0.2, 0) is 9.53 Å². The van der Waals surface area contributed by atoms with Gasteiger partial charge in [0.15, 0.2) is 0 Å². The van der Waals surface area contributed by atoms with Crippen molar-refractivity contribution in [1.29, 1.82) is 0 Å². The molecule has 0 amide bonds. The van der Waals surface area contributed by atoms with E-state index in [0.717, 1.165) is 12.0 Å². The van der Waals surface area contributed by atoms with Crippen LogP contribution in [0.15, 0.2) is 12.2 Å². The first kappa shape index (κ1) is 9.75. The molecule has 0 N–H and O–H groups in total. The third-order valence-corrected chi connectivity index (χ3v) is 4.14. The van der Waals surface area contributed by atoms with E-state index < -0.39 is 0 Å². The average Bonchev–Trinajstić information content (AvgIpc) is 2.06. The molecule has 3 saturated carbocycles. The first-order chi connectivity index (χ1) is 6.43. The Hall–Kier alpha value is -0.790. The van der Waals surface area contributed by atoms with Crippen LogP contribution >= 0.6 is 0 Å². The van der Waals surface area contributed by atoms with Gasteiger partial charge in [0.05, 0.1) is 0 Å². The predicted molar refractivity (Wildman–Crippen MR) is 54.7 cm³/mol. The highest BCUT2D eigenvalue weighted by molar-refractivity contribution is 5.66. The molecule has 0 spiro atoms. The molecule has 14 heavy (non-hydrogen) atoms.